The average molecular weight is 384 g/mol. The monoisotopic (exact) mass is 384 g/mol. The highest BCUT2D eigenvalue weighted by Gasteiger charge is 2.17. The zero-order valence-corrected chi connectivity index (χ0v) is 15.2. The van der Waals surface area contributed by atoms with Crippen molar-refractivity contribution in [2.45, 2.75) is 0 Å². The first-order valence-corrected chi connectivity index (χ1v) is 8.98. The predicted molar refractivity (Wildman–Crippen MR) is 99.8 cm³/mol. The quantitative estimate of drug-likeness (QED) is 0.672. The summed E-state index contributed by atoms with van der Waals surface area (Å²) in [4.78, 5) is 14.9. The number of carbonyl (C=O) groups excluding carboxylic acids is 1. The molecule has 0 saturated carbocycles. The van der Waals surface area contributed by atoms with Gasteiger partial charge in [-0.3, -0.25) is 0 Å². The van der Waals surface area contributed by atoms with E-state index in [2.05, 4.69) is 10.2 Å². The summed E-state index contributed by atoms with van der Waals surface area (Å²) in [7, 11) is 0. The van der Waals surface area contributed by atoms with Crippen molar-refractivity contribution in [3.8, 4) is 17.2 Å². The minimum Gasteiger partial charge on any atom is -0.505 e. The number of phenolic OH excluding ortho intramolecular Hbond substituents is 1. The molecule has 1 fully saturated rings. The molecule has 0 radical (unpaired) electrons. The molecule has 146 valence electrons. The van der Waals surface area contributed by atoms with Gasteiger partial charge in [0.1, 0.15) is 41.4 Å². The Hall–Kier alpha value is -3.33. The molecule has 28 heavy (non-hydrogen) atoms. The second-order valence-electron chi connectivity index (χ2n) is 6.19. The molecule has 0 bridgehead atoms. The van der Waals surface area contributed by atoms with Gasteiger partial charge in [-0.25, -0.2) is 4.79 Å². The average Bonchev–Trinajstić information content (AvgIpc) is 3.15. The van der Waals surface area contributed by atoms with Crippen molar-refractivity contribution in [1.29, 1.82) is 0 Å². The van der Waals surface area contributed by atoms with Gasteiger partial charge in [0.25, 0.3) is 0 Å². The Labute approximate surface area is 161 Å². The topological polar surface area (TPSA) is 98.9 Å². The van der Waals surface area contributed by atoms with Gasteiger partial charge in [0.2, 0.25) is 0 Å². The van der Waals surface area contributed by atoms with E-state index in [-0.39, 0.29) is 25.1 Å². The maximum atomic E-state index is 11.9. The van der Waals surface area contributed by atoms with Crippen LogP contribution in [0.2, 0.25) is 0 Å². The minimum atomic E-state index is -0.373. The van der Waals surface area contributed by atoms with Crippen LogP contribution in [-0.2, 0) is 9.47 Å². The van der Waals surface area contributed by atoms with Gasteiger partial charge < -0.3 is 24.2 Å². The van der Waals surface area contributed by atoms with Crippen LogP contribution < -0.4 is 4.74 Å². The third-order valence-corrected chi connectivity index (χ3v) is 4.30. The van der Waals surface area contributed by atoms with Crippen LogP contribution in [-0.4, -0.2) is 70.6 Å². The Morgan fingerprint density at radius 3 is 2.46 bits per heavy atom. The van der Waals surface area contributed by atoms with E-state index in [9.17, 15) is 9.90 Å². The van der Waals surface area contributed by atoms with Gasteiger partial charge in [0.15, 0.2) is 0 Å². The first-order valence-electron chi connectivity index (χ1n) is 8.98. The molecular weight excluding hydrogens is 364 g/mol. The van der Waals surface area contributed by atoms with Gasteiger partial charge >= 0.3 is 6.09 Å². The van der Waals surface area contributed by atoms with E-state index in [1.807, 2.05) is 24.3 Å². The number of carbonyl (C=O) groups is 1. The molecule has 9 nitrogen and oxygen atoms in total. The molecule has 4 rings (SSSR count). The van der Waals surface area contributed by atoms with E-state index in [0.717, 1.165) is 11.0 Å². The Balaban J connectivity index is 1.32. The normalized spacial score (nSPS) is 14.2. The van der Waals surface area contributed by atoms with Gasteiger partial charge in [-0.15, -0.1) is 15.0 Å². The molecule has 2 aromatic carbocycles. The lowest BCUT2D eigenvalue weighted by molar-refractivity contribution is 0.0239. The second-order valence-corrected chi connectivity index (χ2v) is 6.19. The highest BCUT2D eigenvalue weighted by molar-refractivity contribution is 5.73. The molecule has 1 N–H and O–H groups in total. The zero-order valence-electron chi connectivity index (χ0n) is 15.2. The highest BCUT2D eigenvalue weighted by Crippen LogP contribution is 2.26. The molecule has 0 unspecified atom stereocenters. The minimum absolute atomic E-state index is 0.0110. The number of rotatable bonds is 5. The van der Waals surface area contributed by atoms with Crippen LogP contribution in [0.1, 0.15) is 0 Å². The van der Waals surface area contributed by atoms with Crippen molar-refractivity contribution in [2.75, 3.05) is 39.5 Å². The lowest BCUT2D eigenvalue weighted by Gasteiger charge is -2.25. The molecule has 2 heterocycles. The lowest BCUT2D eigenvalue weighted by Crippen LogP contribution is -2.41. The summed E-state index contributed by atoms with van der Waals surface area (Å²) in [6.45, 7) is 2.41. The predicted octanol–water partition coefficient (Wildman–Crippen LogP) is 1.97. The Bertz CT molecular complexity index is 935. The number of aromatic hydroxyl groups is 1. The van der Waals surface area contributed by atoms with Crippen LogP contribution in [0.5, 0.6) is 11.5 Å². The SMILES string of the molecule is O=C(OCCOc1ccc(-n2nc3ccccc3n2)c(O)c1)N1CCOCC1. The third-order valence-electron chi connectivity index (χ3n) is 4.30. The number of benzene rings is 2. The van der Waals surface area contributed by atoms with Gasteiger partial charge in [-0.05, 0) is 24.3 Å². The fraction of sp³-hybridized carbons (Fsp3) is 0.316. The van der Waals surface area contributed by atoms with Gasteiger partial charge in [-0.1, -0.05) is 12.1 Å². The molecule has 3 aromatic rings. The number of aromatic nitrogens is 3. The van der Waals surface area contributed by atoms with Crippen LogP contribution in [0.15, 0.2) is 42.5 Å². The third kappa shape index (κ3) is 3.99. The molecule has 0 aliphatic carbocycles. The smallest absolute Gasteiger partial charge is 0.410 e. The largest absolute Gasteiger partial charge is 0.505 e. The number of amides is 1. The molecular formula is C19H20N4O5. The summed E-state index contributed by atoms with van der Waals surface area (Å²) < 4.78 is 15.9. The van der Waals surface area contributed by atoms with E-state index >= 15 is 0 Å². The van der Waals surface area contributed by atoms with Gasteiger partial charge in [-0.2, -0.15) is 0 Å². The molecule has 1 aromatic heterocycles. The number of ether oxygens (including phenoxy) is 3. The van der Waals surface area contributed by atoms with E-state index < -0.39 is 0 Å². The fourth-order valence-electron chi connectivity index (χ4n) is 2.86. The van der Waals surface area contributed by atoms with Crippen molar-refractivity contribution >= 4 is 17.1 Å². The Kier molecular flexibility index (Phi) is 5.24. The Morgan fingerprint density at radius 1 is 1.07 bits per heavy atom. The number of nitrogens with zero attached hydrogens (tertiary/aromatic N) is 4. The molecule has 0 spiro atoms. The first-order chi connectivity index (χ1) is 13.7. The van der Waals surface area contributed by atoms with E-state index in [1.165, 1.54) is 10.9 Å². The molecule has 1 aliphatic rings. The van der Waals surface area contributed by atoms with Crippen LogP contribution in [0, 0.1) is 0 Å². The van der Waals surface area contributed by atoms with E-state index in [0.29, 0.717) is 37.7 Å². The maximum Gasteiger partial charge on any atom is 0.410 e. The maximum absolute atomic E-state index is 11.9. The van der Waals surface area contributed by atoms with Gasteiger partial charge in [0, 0.05) is 19.2 Å². The van der Waals surface area contributed by atoms with E-state index in [1.54, 1.807) is 17.0 Å². The fourth-order valence-corrected chi connectivity index (χ4v) is 2.86. The summed E-state index contributed by atoms with van der Waals surface area (Å²) in [5, 5.41) is 19.0. The summed E-state index contributed by atoms with van der Waals surface area (Å²) in [6.07, 6.45) is -0.373. The van der Waals surface area contributed by atoms with Crippen LogP contribution >= 0.6 is 0 Å². The molecule has 1 amide bonds. The summed E-state index contributed by atoms with van der Waals surface area (Å²) in [5.41, 5.74) is 1.93. The molecule has 0 atom stereocenters. The number of morpholine rings is 1. The van der Waals surface area contributed by atoms with Crippen molar-refractivity contribution < 1.29 is 24.1 Å². The number of hydrogen-bond donors (Lipinski definition) is 1. The standard InChI is InChI=1S/C19H20N4O5/c24-18-13-14(27-11-12-28-19(25)22-7-9-26-10-8-22)5-6-17(18)23-20-15-3-1-2-4-16(15)21-23/h1-6,13,24H,7-12H2. The van der Waals surface area contributed by atoms with Crippen molar-refractivity contribution in [1.82, 2.24) is 19.9 Å². The summed E-state index contributed by atoms with van der Waals surface area (Å²) in [5.74, 6) is 0.448. The van der Waals surface area contributed by atoms with Crippen molar-refractivity contribution in [3.05, 3.63) is 42.5 Å². The van der Waals surface area contributed by atoms with Crippen LogP contribution in [0.25, 0.3) is 16.7 Å². The van der Waals surface area contributed by atoms with Gasteiger partial charge in [0.05, 0.1) is 13.2 Å². The van der Waals surface area contributed by atoms with Crippen LogP contribution in [0.4, 0.5) is 4.79 Å². The summed E-state index contributed by atoms with van der Waals surface area (Å²) in [6, 6.07) is 12.3. The molecule has 9 heteroatoms. The second kappa shape index (κ2) is 8.13. The number of hydrogen-bond acceptors (Lipinski definition) is 7. The van der Waals surface area contributed by atoms with Crippen molar-refractivity contribution in [2.24, 2.45) is 0 Å². The number of fused-ring (bicyclic) bond motifs is 1. The zero-order chi connectivity index (χ0) is 19.3. The Morgan fingerprint density at radius 2 is 1.79 bits per heavy atom. The lowest BCUT2D eigenvalue weighted by atomic mass is 10.3. The van der Waals surface area contributed by atoms with Crippen molar-refractivity contribution in [3.63, 3.8) is 0 Å². The van der Waals surface area contributed by atoms with Crippen LogP contribution in [0.3, 0.4) is 0 Å². The molecule has 1 saturated heterocycles. The number of phenols is 1. The highest BCUT2D eigenvalue weighted by atomic mass is 16.6. The van der Waals surface area contributed by atoms with E-state index in [4.69, 9.17) is 14.2 Å². The molecule has 1 aliphatic heterocycles. The summed E-state index contributed by atoms with van der Waals surface area (Å²) >= 11 is 0. The first kappa shape index (κ1) is 18.1.